The van der Waals surface area contributed by atoms with Crippen molar-refractivity contribution in [3.05, 3.63) is 87.5 Å². The zero-order valence-corrected chi connectivity index (χ0v) is 17.0. The van der Waals surface area contributed by atoms with E-state index in [-0.39, 0.29) is 23.2 Å². The molecule has 0 radical (unpaired) electrons. The first-order chi connectivity index (χ1) is 14.5. The van der Waals surface area contributed by atoms with Crippen molar-refractivity contribution in [2.45, 2.75) is 16.8 Å². The number of ether oxygens (including phenoxy) is 1. The molecule has 150 valence electrons. The number of allylic oxidation sites excluding steroid dienone is 1. The molecule has 30 heavy (non-hydrogen) atoms. The van der Waals surface area contributed by atoms with Gasteiger partial charge in [-0.2, -0.15) is 10.2 Å². The van der Waals surface area contributed by atoms with Crippen LogP contribution in [-0.2, 0) is 5.75 Å². The number of nitrogens with two attached hydrogens (primary N) is 2. The minimum absolute atomic E-state index is 0.0699. The molecule has 4 N–H and O–H groups in total. The maximum absolute atomic E-state index is 13.4. The number of rotatable bonds is 4. The Morgan fingerprint density at radius 3 is 2.57 bits per heavy atom. The Morgan fingerprint density at radius 2 is 1.87 bits per heavy atom. The van der Waals surface area contributed by atoms with Gasteiger partial charge in [0, 0.05) is 10.8 Å². The summed E-state index contributed by atoms with van der Waals surface area (Å²) in [4.78, 5) is 8.82. The van der Waals surface area contributed by atoms with Gasteiger partial charge in [0.25, 0.3) is 0 Å². The Labute approximate surface area is 181 Å². The van der Waals surface area contributed by atoms with Crippen LogP contribution in [-0.4, -0.2) is 9.97 Å². The number of hydrogen-bond acceptors (Lipinski definition) is 7. The third-order valence-corrected chi connectivity index (χ3v) is 5.87. The van der Waals surface area contributed by atoms with Crippen LogP contribution in [0.3, 0.4) is 0 Å². The lowest BCUT2D eigenvalue weighted by Crippen LogP contribution is -2.23. The Hall–Kier alpha value is -3.28. The molecular weight excluding hydrogens is 425 g/mol. The maximum Gasteiger partial charge on any atom is 0.231 e. The summed E-state index contributed by atoms with van der Waals surface area (Å²) in [6, 6.07) is 15.3. The third-order valence-electron chi connectivity index (χ3n) is 4.61. The second kappa shape index (κ2) is 8.22. The van der Waals surface area contributed by atoms with E-state index >= 15 is 0 Å². The first-order valence-electron chi connectivity index (χ1n) is 8.84. The summed E-state index contributed by atoms with van der Waals surface area (Å²) in [5.41, 5.74) is 14.4. The molecule has 0 bridgehead atoms. The maximum atomic E-state index is 13.4. The molecule has 0 fully saturated rings. The molecule has 1 atom stereocenters. The molecule has 2 heterocycles. The molecule has 0 spiro atoms. The molecule has 1 aliphatic heterocycles. The molecule has 3 aromatic rings. The average molecular weight is 440 g/mol. The summed E-state index contributed by atoms with van der Waals surface area (Å²) in [7, 11) is 0. The molecule has 2 aromatic carbocycles. The number of nitrogens with zero attached hydrogens (tertiary/aromatic N) is 3. The van der Waals surface area contributed by atoms with Crippen LogP contribution in [0.4, 0.5) is 10.2 Å². The van der Waals surface area contributed by atoms with Gasteiger partial charge in [-0.1, -0.05) is 53.7 Å². The van der Waals surface area contributed by atoms with E-state index < -0.39 is 11.7 Å². The van der Waals surface area contributed by atoms with E-state index in [9.17, 15) is 9.65 Å². The van der Waals surface area contributed by atoms with Gasteiger partial charge in [-0.15, -0.1) is 0 Å². The number of thioether (sulfide) groups is 1. The average Bonchev–Trinajstić information content (AvgIpc) is 2.73. The minimum Gasteiger partial charge on any atom is -0.422 e. The number of nitrogen functional groups attached to an aromatic ring is 1. The largest absolute Gasteiger partial charge is 0.422 e. The SMILES string of the molecule is N#CC1=C(N)Oc2nc(SCc3ccccc3Cl)nc(N)c2[C@H]1c1ccc(F)cc1. The lowest BCUT2D eigenvalue weighted by molar-refractivity contribution is 0.373. The lowest BCUT2D eigenvalue weighted by atomic mass is 9.85. The molecule has 0 saturated carbocycles. The second-order valence-electron chi connectivity index (χ2n) is 6.47. The fourth-order valence-electron chi connectivity index (χ4n) is 3.17. The number of aromatic nitrogens is 2. The van der Waals surface area contributed by atoms with Gasteiger partial charge in [0.05, 0.1) is 11.5 Å². The number of hydrogen-bond donors (Lipinski definition) is 2. The van der Waals surface area contributed by atoms with E-state index in [1.165, 1.54) is 23.9 Å². The third kappa shape index (κ3) is 3.77. The molecule has 1 aromatic heterocycles. The van der Waals surface area contributed by atoms with Gasteiger partial charge >= 0.3 is 0 Å². The number of fused-ring (bicyclic) bond motifs is 1. The van der Waals surface area contributed by atoms with Gasteiger partial charge < -0.3 is 16.2 Å². The van der Waals surface area contributed by atoms with Crippen LogP contribution in [0, 0.1) is 17.1 Å². The van der Waals surface area contributed by atoms with Gasteiger partial charge in [-0.3, -0.25) is 0 Å². The molecule has 1 aliphatic rings. The Bertz CT molecular complexity index is 1190. The van der Waals surface area contributed by atoms with E-state index in [0.717, 1.165) is 5.56 Å². The second-order valence-corrected chi connectivity index (χ2v) is 7.82. The lowest BCUT2D eigenvalue weighted by Gasteiger charge is -2.26. The van der Waals surface area contributed by atoms with Crippen molar-refractivity contribution in [1.82, 2.24) is 9.97 Å². The smallest absolute Gasteiger partial charge is 0.231 e. The summed E-state index contributed by atoms with van der Waals surface area (Å²) >= 11 is 7.55. The van der Waals surface area contributed by atoms with Crippen LogP contribution >= 0.6 is 23.4 Å². The summed E-state index contributed by atoms with van der Waals surface area (Å²) in [6.07, 6.45) is 0. The van der Waals surface area contributed by atoms with Crippen LogP contribution in [0.1, 0.15) is 22.6 Å². The van der Waals surface area contributed by atoms with Gasteiger partial charge in [-0.25, -0.2) is 9.37 Å². The van der Waals surface area contributed by atoms with Gasteiger partial charge in [0.1, 0.15) is 23.3 Å². The predicted molar refractivity (Wildman–Crippen MR) is 113 cm³/mol. The molecule has 4 rings (SSSR count). The van der Waals surface area contributed by atoms with E-state index in [1.54, 1.807) is 12.1 Å². The first kappa shape index (κ1) is 20.0. The first-order valence-corrected chi connectivity index (χ1v) is 10.2. The van der Waals surface area contributed by atoms with Crippen molar-refractivity contribution in [2.24, 2.45) is 5.73 Å². The highest BCUT2D eigenvalue weighted by Crippen LogP contribution is 2.44. The summed E-state index contributed by atoms with van der Waals surface area (Å²) in [5.74, 6) is -0.238. The Morgan fingerprint density at radius 1 is 1.13 bits per heavy atom. The molecule has 0 saturated heterocycles. The summed E-state index contributed by atoms with van der Waals surface area (Å²) < 4.78 is 19.0. The summed E-state index contributed by atoms with van der Waals surface area (Å²) in [5, 5.41) is 10.6. The van der Waals surface area contributed by atoms with Crippen molar-refractivity contribution < 1.29 is 9.13 Å². The monoisotopic (exact) mass is 439 g/mol. The Balaban J connectivity index is 1.72. The van der Waals surface area contributed by atoms with Crippen molar-refractivity contribution >= 4 is 29.2 Å². The van der Waals surface area contributed by atoms with Crippen molar-refractivity contribution in [2.75, 3.05) is 5.73 Å². The highest BCUT2D eigenvalue weighted by Gasteiger charge is 2.34. The normalized spacial score (nSPS) is 15.3. The van der Waals surface area contributed by atoms with E-state index in [0.29, 0.717) is 27.1 Å². The molecule has 0 aliphatic carbocycles. The van der Waals surface area contributed by atoms with Crippen LogP contribution in [0.5, 0.6) is 5.88 Å². The predicted octanol–water partition coefficient (Wildman–Crippen LogP) is 4.36. The zero-order valence-electron chi connectivity index (χ0n) is 15.5. The molecular formula is C21H15ClFN5OS. The van der Waals surface area contributed by atoms with E-state index in [4.69, 9.17) is 27.8 Å². The number of benzene rings is 2. The molecule has 6 nitrogen and oxygen atoms in total. The summed E-state index contributed by atoms with van der Waals surface area (Å²) in [6.45, 7) is 0. The highest BCUT2D eigenvalue weighted by atomic mass is 35.5. The van der Waals surface area contributed by atoms with Crippen LogP contribution < -0.4 is 16.2 Å². The fraction of sp³-hybridized carbons (Fsp3) is 0.0952. The Kier molecular flexibility index (Phi) is 5.48. The van der Waals surface area contributed by atoms with Crippen molar-refractivity contribution in [3.8, 4) is 11.9 Å². The number of anilines is 1. The molecule has 9 heteroatoms. The zero-order chi connectivity index (χ0) is 21.3. The van der Waals surface area contributed by atoms with Gasteiger partial charge in [0.2, 0.25) is 11.8 Å². The van der Waals surface area contributed by atoms with Crippen LogP contribution in [0.15, 0.2) is 65.1 Å². The minimum atomic E-state index is -0.651. The number of nitriles is 1. The standard InChI is InChI=1S/C21H15ClFN5OS/c22-15-4-2-1-3-12(15)10-30-21-27-18(25)17-16(11-5-7-13(23)8-6-11)14(9-24)19(26)29-20(17)28-21/h1-8,16H,10,26H2,(H2,25,27,28)/t16-/m0/s1. The fourth-order valence-corrected chi connectivity index (χ4v) is 4.30. The van der Waals surface area contributed by atoms with E-state index in [2.05, 4.69) is 16.0 Å². The van der Waals surface area contributed by atoms with Crippen molar-refractivity contribution in [3.63, 3.8) is 0 Å². The van der Waals surface area contributed by atoms with Crippen LogP contribution in [0.2, 0.25) is 5.02 Å². The van der Waals surface area contributed by atoms with E-state index in [1.807, 2.05) is 24.3 Å². The highest BCUT2D eigenvalue weighted by molar-refractivity contribution is 7.98. The van der Waals surface area contributed by atoms with Gasteiger partial charge in [-0.05, 0) is 29.3 Å². The topological polar surface area (TPSA) is 111 Å². The molecule has 0 unspecified atom stereocenters. The number of halogens is 2. The van der Waals surface area contributed by atoms with Crippen LogP contribution in [0.25, 0.3) is 0 Å². The quantitative estimate of drug-likeness (QED) is 0.458. The molecule has 0 amide bonds. The van der Waals surface area contributed by atoms with Crippen molar-refractivity contribution in [1.29, 1.82) is 5.26 Å². The van der Waals surface area contributed by atoms with Gasteiger partial charge in [0.15, 0.2) is 5.16 Å².